The van der Waals surface area contributed by atoms with E-state index >= 15 is 0 Å². The molecule has 4 heteroatoms. The summed E-state index contributed by atoms with van der Waals surface area (Å²) >= 11 is 1.74. The van der Waals surface area contributed by atoms with Crippen LogP contribution >= 0.6 is 11.3 Å². The Morgan fingerprint density at radius 3 is 2.94 bits per heavy atom. The number of thiophene rings is 1. The van der Waals surface area contributed by atoms with Gasteiger partial charge in [-0.25, -0.2) is 0 Å². The smallest absolute Gasteiger partial charge is 0.166 e. The minimum Gasteiger partial charge on any atom is -0.374 e. The molecule has 0 radical (unpaired) electrons. The zero-order valence-electron chi connectivity index (χ0n) is 10.1. The van der Waals surface area contributed by atoms with Gasteiger partial charge in [-0.2, -0.15) is 0 Å². The lowest BCUT2D eigenvalue weighted by atomic mass is 9.90. The molecular weight excluding hydrogens is 236 g/mol. The molecule has 0 N–H and O–H groups in total. The van der Waals surface area contributed by atoms with Crippen molar-refractivity contribution in [3.8, 4) is 0 Å². The Labute approximate surface area is 106 Å². The quantitative estimate of drug-likeness (QED) is 0.749. The molecule has 2 atom stereocenters. The number of carbonyl (C=O) groups is 1. The summed E-state index contributed by atoms with van der Waals surface area (Å²) in [7, 11) is 0. The van der Waals surface area contributed by atoms with E-state index in [-0.39, 0.29) is 18.0 Å². The van der Waals surface area contributed by atoms with Gasteiger partial charge < -0.3 is 9.47 Å². The van der Waals surface area contributed by atoms with Gasteiger partial charge in [0.15, 0.2) is 5.78 Å². The summed E-state index contributed by atoms with van der Waals surface area (Å²) < 4.78 is 11.2. The minimum atomic E-state index is -0.307. The highest BCUT2D eigenvalue weighted by Gasteiger charge is 2.41. The Balaban J connectivity index is 1.67. The predicted molar refractivity (Wildman–Crippen MR) is 67.4 cm³/mol. The molecule has 1 fully saturated rings. The highest BCUT2D eigenvalue weighted by molar-refractivity contribution is 7.09. The summed E-state index contributed by atoms with van der Waals surface area (Å²) in [4.78, 5) is 12.7. The highest BCUT2D eigenvalue weighted by Crippen LogP contribution is 2.23. The van der Waals surface area contributed by atoms with Gasteiger partial charge in [0, 0.05) is 24.3 Å². The van der Waals surface area contributed by atoms with Crippen LogP contribution in [0.1, 0.15) is 24.6 Å². The molecule has 1 aliphatic carbocycles. The molecule has 0 aliphatic heterocycles. The van der Waals surface area contributed by atoms with E-state index in [9.17, 15) is 4.79 Å². The molecule has 0 bridgehead atoms. The third-order valence-corrected chi connectivity index (χ3v) is 3.76. The number of carbonyl (C=O) groups excluding carboxylic acids is 1. The molecule has 1 aliphatic rings. The molecule has 1 saturated carbocycles. The first-order valence-corrected chi connectivity index (χ1v) is 6.97. The Morgan fingerprint density at radius 2 is 2.29 bits per heavy atom. The van der Waals surface area contributed by atoms with E-state index < -0.39 is 0 Å². The monoisotopic (exact) mass is 254 g/mol. The maximum absolute atomic E-state index is 11.3. The van der Waals surface area contributed by atoms with Crippen LogP contribution in [-0.2, 0) is 20.7 Å². The molecular formula is C13H18O3S. The fourth-order valence-electron chi connectivity index (χ4n) is 1.83. The van der Waals surface area contributed by atoms with Gasteiger partial charge in [-0.3, -0.25) is 4.79 Å². The average molecular weight is 254 g/mol. The van der Waals surface area contributed by atoms with Crippen molar-refractivity contribution in [2.45, 2.75) is 38.4 Å². The number of ketones is 1. The van der Waals surface area contributed by atoms with E-state index in [2.05, 4.69) is 11.4 Å². The van der Waals surface area contributed by atoms with Crippen LogP contribution in [0, 0.1) is 0 Å². The predicted octanol–water partition coefficient (Wildman–Crippen LogP) is 2.44. The lowest BCUT2D eigenvalue weighted by Gasteiger charge is -2.34. The van der Waals surface area contributed by atoms with Gasteiger partial charge in [-0.15, -0.1) is 11.3 Å². The van der Waals surface area contributed by atoms with Crippen LogP contribution in [0.2, 0.25) is 0 Å². The van der Waals surface area contributed by atoms with Crippen LogP contribution in [0.5, 0.6) is 0 Å². The highest BCUT2D eigenvalue weighted by atomic mass is 32.1. The first kappa shape index (κ1) is 12.7. The maximum Gasteiger partial charge on any atom is 0.166 e. The normalized spacial score (nSPS) is 23.7. The topological polar surface area (TPSA) is 35.5 Å². The number of hydrogen-bond donors (Lipinski definition) is 0. The number of rotatable bonds is 7. The fraction of sp³-hybridized carbons (Fsp3) is 0.615. The molecule has 1 aromatic heterocycles. The van der Waals surface area contributed by atoms with Crippen LogP contribution in [-0.4, -0.2) is 31.2 Å². The molecule has 3 nitrogen and oxygen atoms in total. The van der Waals surface area contributed by atoms with Crippen molar-refractivity contribution >= 4 is 17.1 Å². The Kier molecular flexibility index (Phi) is 4.71. The molecule has 94 valence electrons. The third-order valence-electron chi connectivity index (χ3n) is 2.82. The summed E-state index contributed by atoms with van der Waals surface area (Å²) in [5.74, 6) is 0.180. The van der Waals surface area contributed by atoms with Crippen molar-refractivity contribution in [1.82, 2.24) is 0 Å². The molecule has 0 spiro atoms. The fourth-order valence-corrected chi connectivity index (χ4v) is 2.52. The van der Waals surface area contributed by atoms with Crippen molar-refractivity contribution < 1.29 is 14.3 Å². The molecule has 0 saturated heterocycles. The molecule has 1 heterocycles. The minimum absolute atomic E-state index is 0.0194. The van der Waals surface area contributed by atoms with E-state index in [1.165, 1.54) is 4.88 Å². The van der Waals surface area contributed by atoms with E-state index in [1.807, 2.05) is 13.0 Å². The standard InChI is InChI=1S/C13H18O3S/c1-2-6-16-13-11(14)9-12(13)15-7-5-10-4-3-8-17-10/h3-4,8,12-13H,2,5-7,9H2,1H3. The van der Waals surface area contributed by atoms with Gasteiger partial charge in [0.25, 0.3) is 0 Å². The lowest BCUT2D eigenvalue weighted by Crippen LogP contribution is -2.50. The van der Waals surface area contributed by atoms with Crippen LogP contribution in [0.4, 0.5) is 0 Å². The van der Waals surface area contributed by atoms with Gasteiger partial charge in [-0.1, -0.05) is 13.0 Å². The lowest BCUT2D eigenvalue weighted by molar-refractivity contribution is -0.165. The van der Waals surface area contributed by atoms with Crippen molar-refractivity contribution in [1.29, 1.82) is 0 Å². The van der Waals surface area contributed by atoms with Gasteiger partial charge in [-0.05, 0) is 17.9 Å². The summed E-state index contributed by atoms with van der Waals surface area (Å²) in [6.07, 6.45) is 2.04. The van der Waals surface area contributed by atoms with Crippen molar-refractivity contribution in [3.05, 3.63) is 22.4 Å². The van der Waals surface area contributed by atoms with Crippen molar-refractivity contribution in [2.75, 3.05) is 13.2 Å². The van der Waals surface area contributed by atoms with Crippen LogP contribution in [0.3, 0.4) is 0 Å². The molecule has 0 amide bonds. The van der Waals surface area contributed by atoms with Gasteiger partial charge in [0.05, 0.1) is 12.7 Å². The number of ether oxygens (including phenoxy) is 2. The molecule has 17 heavy (non-hydrogen) atoms. The molecule has 2 rings (SSSR count). The van der Waals surface area contributed by atoms with Crippen molar-refractivity contribution in [2.24, 2.45) is 0 Å². The van der Waals surface area contributed by atoms with E-state index in [0.717, 1.165) is 12.8 Å². The van der Waals surface area contributed by atoms with Gasteiger partial charge in [0.2, 0.25) is 0 Å². The SMILES string of the molecule is CCCOC1C(=O)CC1OCCc1cccs1. The van der Waals surface area contributed by atoms with Crippen LogP contribution in [0.25, 0.3) is 0 Å². The second-order valence-corrected chi connectivity index (χ2v) is 5.23. The Morgan fingerprint density at radius 1 is 1.41 bits per heavy atom. The van der Waals surface area contributed by atoms with E-state index in [1.54, 1.807) is 11.3 Å². The zero-order chi connectivity index (χ0) is 12.1. The second-order valence-electron chi connectivity index (χ2n) is 4.20. The van der Waals surface area contributed by atoms with E-state index in [0.29, 0.717) is 19.6 Å². The number of hydrogen-bond acceptors (Lipinski definition) is 4. The summed E-state index contributed by atoms with van der Waals surface area (Å²) in [6, 6.07) is 4.14. The maximum atomic E-state index is 11.3. The third kappa shape index (κ3) is 3.37. The van der Waals surface area contributed by atoms with E-state index in [4.69, 9.17) is 9.47 Å². The first-order chi connectivity index (χ1) is 8.31. The first-order valence-electron chi connectivity index (χ1n) is 6.09. The number of Topliss-reactive ketones (excluding diaryl/α,β-unsaturated/α-hetero) is 1. The average Bonchev–Trinajstić information content (AvgIpc) is 2.81. The Hall–Kier alpha value is -0.710. The Bertz CT molecular complexity index is 348. The van der Waals surface area contributed by atoms with Gasteiger partial charge >= 0.3 is 0 Å². The van der Waals surface area contributed by atoms with Crippen molar-refractivity contribution in [3.63, 3.8) is 0 Å². The molecule has 1 aromatic rings. The largest absolute Gasteiger partial charge is 0.374 e. The van der Waals surface area contributed by atoms with Gasteiger partial charge in [0.1, 0.15) is 6.10 Å². The van der Waals surface area contributed by atoms with Crippen LogP contribution in [0.15, 0.2) is 17.5 Å². The molecule has 0 aromatic carbocycles. The second kappa shape index (κ2) is 6.28. The summed E-state index contributed by atoms with van der Waals surface area (Å²) in [5, 5.41) is 2.06. The van der Waals surface area contributed by atoms with Crippen LogP contribution < -0.4 is 0 Å². The molecule has 2 unspecified atom stereocenters. The summed E-state index contributed by atoms with van der Waals surface area (Å²) in [6.45, 7) is 3.35. The summed E-state index contributed by atoms with van der Waals surface area (Å²) in [5.41, 5.74) is 0. The zero-order valence-corrected chi connectivity index (χ0v) is 10.9.